The van der Waals surface area contributed by atoms with Gasteiger partial charge in [0.15, 0.2) is 0 Å². The summed E-state index contributed by atoms with van der Waals surface area (Å²) in [6.07, 6.45) is -0.232. The van der Waals surface area contributed by atoms with E-state index in [1.807, 2.05) is 0 Å². The zero-order valence-corrected chi connectivity index (χ0v) is 11.0. The van der Waals surface area contributed by atoms with E-state index in [9.17, 15) is 13.2 Å². The van der Waals surface area contributed by atoms with E-state index in [0.717, 1.165) is 45.3 Å². The maximum atomic E-state index is 12.3. The molecule has 1 atom stereocenters. The van der Waals surface area contributed by atoms with Gasteiger partial charge in [-0.05, 0) is 58.3 Å². The highest BCUT2D eigenvalue weighted by atomic mass is 19.4. The molecule has 0 amide bonds. The van der Waals surface area contributed by atoms with Gasteiger partial charge in [-0.15, -0.1) is 0 Å². The molecule has 0 unspecified atom stereocenters. The van der Waals surface area contributed by atoms with Crippen LogP contribution in [0.5, 0.6) is 0 Å². The van der Waals surface area contributed by atoms with Crippen molar-refractivity contribution in [1.29, 1.82) is 0 Å². The molecule has 2 nitrogen and oxygen atoms in total. The number of likely N-dealkylation sites (tertiary alicyclic amines) is 2. The zero-order chi connectivity index (χ0) is 13.2. The van der Waals surface area contributed by atoms with E-state index < -0.39 is 12.6 Å². The Bertz CT molecular complexity index is 259. The van der Waals surface area contributed by atoms with Gasteiger partial charge < -0.3 is 4.90 Å². The first-order valence-corrected chi connectivity index (χ1v) is 6.95. The summed E-state index contributed by atoms with van der Waals surface area (Å²) < 4.78 is 36.9. The van der Waals surface area contributed by atoms with Gasteiger partial charge in [0.1, 0.15) is 0 Å². The van der Waals surface area contributed by atoms with Crippen molar-refractivity contribution >= 4 is 0 Å². The molecule has 5 heteroatoms. The highest BCUT2D eigenvalue weighted by Crippen LogP contribution is 2.32. The van der Waals surface area contributed by atoms with Crippen LogP contribution in [0, 0.1) is 5.92 Å². The highest BCUT2D eigenvalue weighted by Gasteiger charge is 2.35. The fourth-order valence-corrected chi connectivity index (χ4v) is 3.35. The maximum Gasteiger partial charge on any atom is 0.390 e. The fourth-order valence-electron chi connectivity index (χ4n) is 3.35. The molecule has 0 aromatic carbocycles. The molecule has 0 bridgehead atoms. The van der Waals surface area contributed by atoms with E-state index in [0.29, 0.717) is 12.0 Å². The smallest absolute Gasteiger partial charge is 0.306 e. The second kappa shape index (κ2) is 5.78. The topological polar surface area (TPSA) is 6.48 Å². The van der Waals surface area contributed by atoms with Crippen molar-refractivity contribution < 1.29 is 13.2 Å². The van der Waals surface area contributed by atoms with Crippen LogP contribution < -0.4 is 0 Å². The Morgan fingerprint density at radius 3 is 2.33 bits per heavy atom. The van der Waals surface area contributed by atoms with Crippen LogP contribution >= 0.6 is 0 Å². The van der Waals surface area contributed by atoms with Crippen LogP contribution in [-0.4, -0.2) is 55.2 Å². The minimum Gasteiger partial charge on any atom is -0.306 e. The molecule has 0 aromatic heterocycles. The summed E-state index contributed by atoms with van der Waals surface area (Å²) in [7, 11) is 2.12. The third-order valence-electron chi connectivity index (χ3n) is 4.40. The first-order chi connectivity index (χ1) is 8.46. The van der Waals surface area contributed by atoms with Gasteiger partial charge in [0.2, 0.25) is 0 Å². The normalized spacial score (nSPS) is 29.0. The molecule has 2 aliphatic rings. The van der Waals surface area contributed by atoms with Crippen molar-refractivity contribution in [1.82, 2.24) is 9.80 Å². The van der Waals surface area contributed by atoms with Gasteiger partial charge in [0.25, 0.3) is 0 Å². The number of hydrogen-bond acceptors (Lipinski definition) is 2. The third kappa shape index (κ3) is 3.85. The molecule has 0 saturated carbocycles. The Morgan fingerprint density at radius 2 is 1.72 bits per heavy atom. The molecule has 18 heavy (non-hydrogen) atoms. The van der Waals surface area contributed by atoms with Gasteiger partial charge in [0.05, 0.1) is 6.42 Å². The van der Waals surface area contributed by atoms with Gasteiger partial charge in [0, 0.05) is 12.6 Å². The monoisotopic (exact) mass is 264 g/mol. The summed E-state index contributed by atoms with van der Waals surface area (Å²) in [5.74, 6) is 0.608. The molecule has 2 heterocycles. The van der Waals surface area contributed by atoms with Gasteiger partial charge in [-0.2, -0.15) is 13.2 Å². The molecule has 106 valence electrons. The quantitative estimate of drug-likeness (QED) is 0.773. The molecule has 2 fully saturated rings. The standard InChI is InChI=1S/C13H23F3N2/c1-17-8-4-11(5-9-17)12-3-2-7-18(12)10-6-13(14,15)16/h11-12H,2-10H2,1H3/t12-/m0/s1. The van der Waals surface area contributed by atoms with E-state index in [-0.39, 0.29) is 6.54 Å². The van der Waals surface area contributed by atoms with Crippen molar-refractivity contribution in [2.75, 3.05) is 33.2 Å². The molecule has 2 aliphatic heterocycles. The number of rotatable bonds is 3. The highest BCUT2D eigenvalue weighted by molar-refractivity contribution is 4.87. The summed E-state index contributed by atoms with van der Waals surface area (Å²) in [6.45, 7) is 3.23. The molecule has 0 radical (unpaired) electrons. The van der Waals surface area contributed by atoms with Gasteiger partial charge in [-0.3, -0.25) is 4.90 Å². The first kappa shape index (κ1) is 14.1. The molecule has 0 aliphatic carbocycles. The summed E-state index contributed by atoms with van der Waals surface area (Å²) in [6, 6.07) is 0.404. The lowest BCUT2D eigenvalue weighted by Gasteiger charge is -2.37. The summed E-state index contributed by atoms with van der Waals surface area (Å²) in [5, 5.41) is 0. The second-order valence-electron chi connectivity index (χ2n) is 5.75. The number of halogens is 3. The largest absolute Gasteiger partial charge is 0.390 e. The van der Waals surface area contributed by atoms with Crippen molar-refractivity contribution in [3.05, 3.63) is 0 Å². The Kier molecular flexibility index (Phi) is 4.54. The van der Waals surface area contributed by atoms with Crippen LogP contribution in [0.2, 0.25) is 0 Å². The zero-order valence-electron chi connectivity index (χ0n) is 11.0. The predicted molar refractivity (Wildman–Crippen MR) is 65.5 cm³/mol. The lowest BCUT2D eigenvalue weighted by atomic mass is 9.88. The van der Waals surface area contributed by atoms with Crippen LogP contribution in [0.15, 0.2) is 0 Å². The number of hydrogen-bond donors (Lipinski definition) is 0. The van der Waals surface area contributed by atoms with Crippen molar-refractivity contribution in [2.45, 2.75) is 44.3 Å². The molecule has 0 aromatic rings. The van der Waals surface area contributed by atoms with E-state index in [1.165, 1.54) is 0 Å². The van der Waals surface area contributed by atoms with E-state index in [1.54, 1.807) is 0 Å². The van der Waals surface area contributed by atoms with Crippen molar-refractivity contribution in [3.8, 4) is 0 Å². The molecule has 0 spiro atoms. The fraction of sp³-hybridized carbons (Fsp3) is 1.00. The van der Waals surface area contributed by atoms with Crippen LogP contribution in [0.25, 0.3) is 0 Å². The summed E-state index contributed by atoms with van der Waals surface area (Å²) in [5.41, 5.74) is 0. The van der Waals surface area contributed by atoms with Gasteiger partial charge >= 0.3 is 6.18 Å². The van der Waals surface area contributed by atoms with Crippen molar-refractivity contribution in [2.24, 2.45) is 5.92 Å². The van der Waals surface area contributed by atoms with Crippen LogP contribution in [0.4, 0.5) is 13.2 Å². The number of nitrogens with zero attached hydrogens (tertiary/aromatic N) is 2. The van der Waals surface area contributed by atoms with E-state index in [4.69, 9.17) is 0 Å². The third-order valence-corrected chi connectivity index (χ3v) is 4.40. The molecule has 2 saturated heterocycles. The number of piperidine rings is 1. The second-order valence-corrected chi connectivity index (χ2v) is 5.75. The summed E-state index contributed by atoms with van der Waals surface area (Å²) in [4.78, 5) is 4.40. The lowest BCUT2D eigenvalue weighted by molar-refractivity contribution is -0.139. The SMILES string of the molecule is CN1CCC([C@@H]2CCCN2CCC(F)(F)F)CC1. The van der Waals surface area contributed by atoms with Crippen LogP contribution in [0.3, 0.4) is 0 Å². The average Bonchev–Trinajstić information content (AvgIpc) is 2.75. The summed E-state index contributed by atoms with van der Waals surface area (Å²) >= 11 is 0. The minimum atomic E-state index is -4.01. The Balaban J connectivity index is 1.83. The van der Waals surface area contributed by atoms with Gasteiger partial charge in [-0.1, -0.05) is 0 Å². The maximum absolute atomic E-state index is 12.3. The van der Waals surface area contributed by atoms with Crippen molar-refractivity contribution in [3.63, 3.8) is 0 Å². The lowest BCUT2D eigenvalue weighted by Crippen LogP contribution is -2.42. The van der Waals surface area contributed by atoms with E-state index >= 15 is 0 Å². The van der Waals surface area contributed by atoms with Gasteiger partial charge in [-0.25, -0.2) is 0 Å². The molecule has 0 N–H and O–H groups in total. The minimum absolute atomic E-state index is 0.195. The van der Waals surface area contributed by atoms with E-state index in [2.05, 4.69) is 16.8 Å². The Labute approximate surface area is 107 Å². The Hall–Kier alpha value is -0.290. The average molecular weight is 264 g/mol. The van der Waals surface area contributed by atoms with Crippen LogP contribution in [0.1, 0.15) is 32.1 Å². The first-order valence-electron chi connectivity index (χ1n) is 6.95. The van der Waals surface area contributed by atoms with Crippen LogP contribution in [-0.2, 0) is 0 Å². The molecule has 2 rings (SSSR count). The number of alkyl halides is 3. The molecular formula is C13H23F3N2. The molecular weight excluding hydrogens is 241 g/mol. The predicted octanol–water partition coefficient (Wildman–Crippen LogP) is 2.75. The Morgan fingerprint density at radius 1 is 1.06 bits per heavy atom.